The number of amides is 1. The maximum absolute atomic E-state index is 11.7. The SMILES string of the molecule is Cc1ccc(OCCCC(=O)OCC(=O)Nc2cccc(Br)c2)cc1. The molecule has 0 aliphatic rings. The van der Waals surface area contributed by atoms with E-state index in [1.165, 1.54) is 0 Å². The van der Waals surface area contributed by atoms with Crippen LogP contribution in [0.15, 0.2) is 53.0 Å². The van der Waals surface area contributed by atoms with Crippen molar-refractivity contribution in [3.05, 3.63) is 58.6 Å². The van der Waals surface area contributed by atoms with Gasteiger partial charge in [0.2, 0.25) is 0 Å². The van der Waals surface area contributed by atoms with E-state index >= 15 is 0 Å². The second-order valence-corrected chi connectivity index (χ2v) is 6.40. The van der Waals surface area contributed by atoms with Crippen LogP contribution in [0.3, 0.4) is 0 Å². The fourth-order valence-electron chi connectivity index (χ4n) is 2.02. The molecule has 0 spiro atoms. The summed E-state index contributed by atoms with van der Waals surface area (Å²) in [5.41, 5.74) is 1.80. The highest BCUT2D eigenvalue weighted by atomic mass is 79.9. The zero-order chi connectivity index (χ0) is 18.1. The predicted octanol–water partition coefficient (Wildman–Crippen LogP) is 4.10. The molecule has 0 aliphatic carbocycles. The van der Waals surface area contributed by atoms with Gasteiger partial charge in [-0.3, -0.25) is 9.59 Å². The van der Waals surface area contributed by atoms with Gasteiger partial charge in [0.1, 0.15) is 5.75 Å². The van der Waals surface area contributed by atoms with E-state index in [1.54, 1.807) is 18.2 Å². The van der Waals surface area contributed by atoms with Crippen molar-refractivity contribution < 1.29 is 19.1 Å². The number of ether oxygens (including phenoxy) is 2. The fraction of sp³-hybridized carbons (Fsp3) is 0.263. The topological polar surface area (TPSA) is 64.6 Å². The number of aryl methyl sites for hydroxylation is 1. The lowest BCUT2D eigenvalue weighted by Crippen LogP contribution is -2.21. The number of nitrogens with one attached hydrogen (secondary N) is 1. The molecule has 2 aromatic carbocycles. The van der Waals surface area contributed by atoms with Crippen molar-refractivity contribution in [1.29, 1.82) is 0 Å². The summed E-state index contributed by atoms with van der Waals surface area (Å²) in [6.45, 7) is 2.12. The summed E-state index contributed by atoms with van der Waals surface area (Å²) in [5.74, 6) is -0.0216. The summed E-state index contributed by atoms with van der Waals surface area (Å²) in [6, 6.07) is 14.9. The van der Waals surface area contributed by atoms with Crippen LogP contribution in [-0.4, -0.2) is 25.1 Å². The van der Waals surface area contributed by atoms with Crippen LogP contribution in [0.1, 0.15) is 18.4 Å². The van der Waals surface area contributed by atoms with Crippen molar-refractivity contribution >= 4 is 33.5 Å². The van der Waals surface area contributed by atoms with Gasteiger partial charge in [-0.2, -0.15) is 0 Å². The van der Waals surface area contributed by atoms with Crippen LogP contribution < -0.4 is 10.1 Å². The fourth-order valence-corrected chi connectivity index (χ4v) is 2.42. The van der Waals surface area contributed by atoms with Crippen LogP contribution in [0.4, 0.5) is 5.69 Å². The Balaban J connectivity index is 1.60. The summed E-state index contributed by atoms with van der Waals surface area (Å²) in [6.07, 6.45) is 0.732. The van der Waals surface area contributed by atoms with Gasteiger partial charge in [-0.25, -0.2) is 0 Å². The van der Waals surface area contributed by atoms with E-state index in [2.05, 4.69) is 21.2 Å². The van der Waals surface area contributed by atoms with Crippen LogP contribution in [0, 0.1) is 6.92 Å². The van der Waals surface area contributed by atoms with Crippen molar-refractivity contribution in [2.75, 3.05) is 18.5 Å². The molecule has 0 aliphatic heterocycles. The van der Waals surface area contributed by atoms with Gasteiger partial charge in [0.15, 0.2) is 6.61 Å². The summed E-state index contributed by atoms with van der Waals surface area (Å²) in [4.78, 5) is 23.4. The van der Waals surface area contributed by atoms with Crippen LogP contribution in [-0.2, 0) is 14.3 Å². The molecule has 0 saturated heterocycles. The third-order valence-electron chi connectivity index (χ3n) is 3.29. The van der Waals surface area contributed by atoms with Gasteiger partial charge >= 0.3 is 5.97 Å². The molecule has 0 radical (unpaired) electrons. The molecule has 6 heteroatoms. The molecule has 0 bridgehead atoms. The highest BCUT2D eigenvalue weighted by molar-refractivity contribution is 9.10. The summed E-state index contributed by atoms with van der Waals surface area (Å²) in [5, 5.41) is 2.66. The molecule has 132 valence electrons. The third-order valence-corrected chi connectivity index (χ3v) is 3.78. The molecule has 0 aromatic heterocycles. The van der Waals surface area contributed by atoms with Crippen molar-refractivity contribution in [2.24, 2.45) is 0 Å². The molecule has 0 atom stereocenters. The number of esters is 1. The Morgan fingerprint density at radius 1 is 1.12 bits per heavy atom. The first-order valence-electron chi connectivity index (χ1n) is 7.93. The molecule has 25 heavy (non-hydrogen) atoms. The van der Waals surface area contributed by atoms with Crippen LogP contribution in [0.25, 0.3) is 0 Å². The number of rotatable bonds is 8. The van der Waals surface area contributed by atoms with E-state index in [1.807, 2.05) is 37.3 Å². The summed E-state index contributed by atoms with van der Waals surface area (Å²) in [7, 11) is 0. The van der Waals surface area contributed by atoms with Crippen molar-refractivity contribution in [1.82, 2.24) is 0 Å². The lowest BCUT2D eigenvalue weighted by molar-refractivity contribution is -0.147. The first-order valence-corrected chi connectivity index (χ1v) is 8.73. The van der Waals surface area contributed by atoms with Crippen molar-refractivity contribution in [2.45, 2.75) is 19.8 Å². The monoisotopic (exact) mass is 405 g/mol. The normalized spacial score (nSPS) is 10.2. The molecule has 0 heterocycles. The number of benzene rings is 2. The van der Waals surface area contributed by atoms with E-state index in [4.69, 9.17) is 9.47 Å². The van der Waals surface area contributed by atoms with Crippen LogP contribution >= 0.6 is 15.9 Å². The van der Waals surface area contributed by atoms with Gasteiger partial charge in [-0.15, -0.1) is 0 Å². The zero-order valence-electron chi connectivity index (χ0n) is 14.0. The molecule has 0 unspecified atom stereocenters. The van der Waals surface area contributed by atoms with Crippen molar-refractivity contribution in [3.8, 4) is 5.75 Å². The van der Waals surface area contributed by atoms with Gasteiger partial charge in [-0.05, 0) is 43.7 Å². The van der Waals surface area contributed by atoms with Gasteiger partial charge in [0.05, 0.1) is 6.61 Å². The Kier molecular flexibility index (Phi) is 7.47. The average molecular weight is 406 g/mol. The van der Waals surface area contributed by atoms with E-state index in [9.17, 15) is 9.59 Å². The molecular formula is C19H20BrNO4. The highest BCUT2D eigenvalue weighted by Gasteiger charge is 2.08. The molecular weight excluding hydrogens is 386 g/mol. The molecule has 1 amide bonds. The highest BCUT2D eigenvalue weighted by Crippen LogP contribution is 2.15. The number of halogens is 1. The van der Waals surface area contributed by atoms with Crippen LogP contribution in [0.2, 0.25) is 0 Å². The lowest BCUT2D eigenvalue weighted by atomic mass is 10.2. The molecule has 0 fully saturated rings. The smallest absolute Gasteiger partial charge is 0.306 e. The van der Waals surface area contributed by atoms with Gasteiger partial charge in [-0.1, -0.05) is 39.7 Å². The Morgan fingerprint density at radius 3 is 2.60 bits per heavy atom. The predicted molar refractivity (Wildman–Crippen MR) is 99.6 cm³/mol. The Bertz CT molecular complexity index is 716. The molecule has 2 rings (SSSR count). The zero-order valence-corrected chi connectivity index (χ0v) is 15.5. The summed E-state index contributed by atoms with van der Waals surface area (Å²) < 4.78 is 11.3. The lowest BCUT2D eigenvalue weighted by Gasteiger charge is -2.08. The maximum Gasteiger partial charge on any atom is 0.306 e. The Morgan fingerprint density at radius 2 is 1.88 bits per heavy atom. The van der Waals surface area contributed by atoms with Gasteiger partial charge in [0.25, 0.3) is 5.91 Å². The number of hydrogen-bond acceptors (Lipinski definition) is 4. The molecule has 5 nitrogen and oxygen atoms in total. The number of carbonyl (C=O) groups is 2. The quantitative estimate of drug-likeness (QED) is 0.530. The molecule has 2 aromatic rings. The van der Waals surface area contributed by atoms with E-state index < -0.39 is 5.97 Å². The molecule has 1 N–H and O–H groups in total. The van der Waals surface area contributed by atoms with E-state index in [-0.39, 0.29) is 18.9 Å². The average Bonchev–Trinajstić information content (AvgIpc) is 2.58. The minimum absolute atomic E-state index is 0.204. The third kappa shape index (κ3) is 7.39. The van der Waals surface area contributed by atoms with Crippen molar-refractivity contribution in [3.63, 3.8) is 0 Å². The van der Waals surface area contributed by atoms with E-state index in [0.29, 0.717) is 18.7 Å². The minimum Gasteiger partial charge on any atom is -0.494 e. The van der Waals surface area contributed by atoms with Gasteiger partial charge < -0.3 is 14.8 Å². The minimum atomic E-state index is -0.420. The van der Waals surface area contributed by atoms with Gasteiger partial charge in [0, 0.05) is 16.6 Å². The van der Waals surface area contributed by atoms with Crippen LogP contribution in [0.5, 0.6) is 5.75 Å². The first-order chi connectivity index (χ1) is 12.0. The first kappa shape index (κ1) is 19.0. The summed E-state index contributed by atoms with van der Waals surface area (Å²) >= 11 is 3.32. The Hall–Kier alpha value is -2.34. The maximum atomic E-state index is 11.7. The molecule has 0 saturated carbocycles. The standard InChI is InChI=1S/C19H20BrNO4/c1-14-7-9-17(10-8-14)24-11-3-6-19(23)25-13-18(22)21-16-5-2-4-15(20)12-16/h2,4-5,7-10,12H,3,6,11,13H2,1H3,(H,21,22). The second-order valence-electron chi connectivity index (χ2n) is 5.48. The number of anilines is 1. The number of hydrogen-bond donors (Lipinski definition) is 1. The second kappa shape index (κ2) is 9.84. The number of carbonyl (C=O) groups excluding carboxylic acids is 2. The Labute approximate surface area is 155 Å². The van der Waals surface area contributed by atoms with E-state index in [0.717, 1.165) is 15.8 Å². The largest absolute Gasteiger partial charge is 0.494 e.